The number of ether oxygens (including phenoxy) is 3. The van der Waals surface area contributed by atoms with E-state index in [4.69, 9.17) is 14.2 Å². The zero-order valence-corrected chi connectivity index (χ0v) is 24.2. The lowest BCUT2D eigenvalue weighted by Gasteiger charge is -2.39. The van der Waals surface area contributed by atoms with E-state index >= 15 is 0 Å². The second kappa shape index (κ2) is 12.7. The van der Waals surface area contributed by atoms with Crippen molar-refractivity contribution in [1.82, 2.24) is 20.9 Å². The van der Waals surface area contributed by atoms with E-state index in [1.54, 1.807) is 18.2 Å². The van der Waals surface area contributed by atoms with Crippen LogP contribution in [-0.2, 0) is 27.3 Å². The molecule has 10 nitrogen and oxygen atoms in total. The molecule has 1 saturated carbocycles. The monoisotopic (exact) mass is 602 g/mol. The van der Waals surface area contributed by atoms with Crippen LogP contribution in [0.2, 0.25) is 0 Å². The van der Waals surface area contributed by atoms with Crippen LogP contribution in [-0.4, -0.2) is 74.7 Å². The first-order valence-corrected chi connectivity index (χ1v) is 14.2. The highest BCUT2D eigenvalue weighted by molar-refractivity contribution is 5.85. The number of rotatable bonds is 2. The van der Waals surface area contributed by atoms with Gasteiger partial charge in [0.25, 0.3) is 5.91 Å². The molecule has 2 aromatic rings. The molecule has 6 rings (SSSR count). The van der Waals surface area contributed by atoms with E-state index < -0.39 is 18.0 Å². The van der Waals surface area contributed by atoms with Crippen LogP contribution in [0.4, 0.5) is 4.39 Å². The number of hydrogen-bond acceptors (Lipinski definition) is 7. The molecule has 3 fully saturated rings. The maximum atomic E-state index is 14.5. The number of fused-ring (bicyclic) bond motifs is 6. The maximum absolute atomic E-state index is 14.5. The third-order valence-corrected chi connectivity index (χ3v) is 8.52. The highest BCUT2D eigenvalue weighted by atomic mass is 35.5. The van der Waals surface area contributed by atoms with Crippen molar-refractivity contribution in [3.63, 3.8) is 0 Å². The lowest BCUT2D eigenvalue weighted by atomic mass is 10.0. The van der Waals surface area contributed by atoms with Gasteiger partial charge in [-0.25, -0.2) is 4.39 Å². The summed E-state index contributed by atoms with van der Waals surface area (Å²) < 4.78 is 32.0. The minimum Gasteiger partial charge on any atom is -0.493 e. The van der Waals surface area contributed by atoms with Crippen LogP contribution in [0.15, 0.2) is 36.4 Å². The van der Waals surface area contributed by atoms with Gasteiger partial charge < -0.3 is 35.1 Å². The number of nitrogens with zero attached hydrogens (tertiary/aromatic N) is 1. The van der Waals surface area contributed by atoms with Gasteiger partial charge in [-0.3, -0.25) is 14.4 Å². The van der Waals surface area contributed by atoms with Crippen LogP contribution in [0.5, 0.6) is 17.2 Å². The van der Waals surface area contributed by atoms with E-state index in [2.05, 4.69) is 16.0 Å². The molecule has 42 heavy (non-hydrogen) atoms. The Hall–Kier alpha value is -3.57. The van der Waals surface area contributed by atoms with Crippen molar-refractivity contribution in [2.45, 2.75) is 38.0 Å². The third kappa shape index (κ3) is 6.57. The zero-order valence-electron chi connectivity index (χ0n) is 23.4. The molecule has 1 unspecified atom stereocenters. The van der Waals surface area contributed by atoms with Crippen molar-refractivity contribution in [3.05, 3.63) is 53.3 Å². The molecule has 4 aliphatic rings. The van der Waals surface area contributed by atoms with Gasteiger partial charge in [-0.1, -0.05) is 6.07 Å². The minimum atomic E-state index is -0.529. The van der Waals surface area contributed by atoms with Gasteiger partial charge in [0, 0.05) is 44.5 Å². The highest BCUT2D eigenvalue weighted by Crippen LogP contribution is 2.49. The fourth-order valence-electron chi connectivity index (χ4n) is 6.30. The summed E-state index contributed by atoms with van der Waals surface area (Å²) >= 11 is 0. The fraction of sp³-hybridized carbons (Fsp3) is 0.500. The molecule has 3 aliphatic heterocycles. The zero-order chi connectivity index (χ0) is 28.5. The summed E-state index contributed by atoms with van der Waals surface area (Å²) in [7, 11) is 1.52. The smallest absolute Gasteiger partial charge is 0.258 e. The lowest BCUT2D eigenvalue weighted by molar-refractivity contribution is -0.137. The van der Waals surface area contributed by atoms with Crippen molar-refractivity contribution < 1.29 is 33.0 Å². The Balaban J connectivity index is 0.00000353. The molecule has 226 valence electrons. The lowest BCUT2D eigenvalue weighted by Crippen LogP contribution is -2.59. The number of hydrogen-bond donors (Lipinski definition) is 3. The average molecular weight is 603 g/mol. The Morgan fingerprint density at radius 3 is 2.64 bits per heavy atom. The third-order valence-electron chi connectivity index (χ3n) is 8.52. The Labute approximate surface area is 250 Å². The first kappa shape index (κ1) is 29.9. The average Bonchev–Trinajstić information content (AvgIpc) is 3.43. The van der Waals surface area contributed by atoms with E-state index in [-0.39, 0.29) is 62.2 Å². The normalized spacial score (nSPS) is 27.3. The van der Waals surface area contributed by atoms with Gasteiger partial charge in [0.2, 0.25) is 11.8 Å². The van der Waals surface area contributed by atoms with Crippen molar-refractivity contribution >= 4 is 30.1 Å². The number of halogens is 2. The quantitative estimate of drug-likeness (QED) is 0.480. The predicted octanol–water partition coefficient (Wildman–Crippen LogP) is 1.83. The molecule has 5 atom stereocenters. The molecule has 0 aromatic heterocycles. The molecule has 3 N–H and O–H groups in total. The van der Waals surface area contributed by atoms with Gasteiger partial charge in [-0.2, -0.15) is 0 Å². The van der Waals surface area contributed by atoms with Gasteiger partial charge in [-0.05, 0) is 66.7 Å². The summed E-state index contributed by atoms with van der Waals surface area (Å²) in [5.41, 5.74) is 1.41. The molecule has 4 bridgehead atoms. The Bertz CT molecular complexity index is 1330. The molecule has 1 aliphatic carbocycles. The number of carbonyl (C=O) groups excluding carboxylic acids is 3. The first-order chi connectivity index (χ1) is 19.9. The van der Waals surface area contributed by atoms with Gasteiger partial charge in [0.05, 0.1) is 13.2 Å². The fourth-order valence-corrected chi connectivity index (χ4v) is 6.30. The van der Waals surface area contributed by atoms with Gasteiger partial charge in [0.15, 0.2) is 18.1 Å². The summed E-state index contributed by atoms with van der Waals surface area (Å²) in [5.74, 6) is 1.07. The Morgan fingerprint density at radius 1 is 1.05 bits per heavy atom. The number of nitrogens with one attached hydrogen (secondary N) is 3. The molecule has 12 heteroatoms. The highest BCUT2D eigenvalue weighted by Gasteiger charge is 2.58. The van der Waals surface area contributed by atoms with E-state index in [9.17, 15) is 18.8 Å². The standard InChI is InChI=1S/C30H35FN4O6.ClH/c1-39-25-4-2-17-3-5-27(36)33-12-18-8-19(31)11-20(9-18)41-24-6-7-35(30(38)29-21-13-32-14-22(21)29)15-23(24)34-28(37)16-40-26(25)10-17;/h2,4,8-11,21-24,29,32H,3,5-7,12-16H2,1H3,(H,33,36)(H,34,37);1H/t21-,22+,23-,24-,29?;/m1./s1. The van der Waals surface area contributed by atoms with Crippen molar-refractivity contribution in [3.8, 4) is 17.2 Å². The number of amides is 3. The molecule has 2 saturated heterocycles. The second-order valence-corrected chi connectivity index (χ2v) is 11.3. The van der Waals surface area contributed by atoms with Crippen LogP contribution < -0.4 is 30.2 Å². The SMILES string of the molecule is COc1ccc2cc1OCC(=O)N[C@@H]1CN(C(=O)C3[C@H]4CNC[C@@H]34)CC[C@H]1Oc1cc(F)cc(c1)CNC(=O)CC2.Cl. The number of carbonyl (C=O) groups is 3. The number of likely N-dealkylation sites (tertiary alicyclic amines) is 1. The molecule has 3 amide bonds. The summed E-state index contributed by atoms with van der Waals surface area (Å²) in [6.07, 6.45) is 0.644. The van der Waals surface area contributed by atoms with Crippen LogP contribution in [0.1, 0.15) is 24.0 Å². The Morgan fingerprint density at radius 2 is 1.86 bits per heavy atom. The van der Waals surface area contributed by atoms with E-state index in [1.165, 1.54) is 19.2 Å². The maximum Gasteiger partial charge on any atom is 0.258 e. The van der Waals surface area contributed by atoms with Crippen molar-refractivity contribution in [2.24, 2.45) is 17.8 Å². The van der Waals surface area contributed by atoms with Crippen LogP contribution in [0.25, 0.3) is 0 Å². The van der Waals surface area contributed by atoms with Gasteiger partial charge >= 0.3 is 0 Å². The molecule has 0 spiro atoms. The number of benzene rings is 2. The van der Waals surface area contributed by atoms with Crippen molar-refractivity contribution in [1.29, 1.82) is 0 Å². The summed E-state index contributed by atoms with van der Waals surface area (Å²) in [4.78, 5) is 40.8. The van der Waals surface area contributed by atoms with E-state index in [0.717, 1.165) is 18.7 Å². The molecule has 3 heterocycles. The van der Waals surface area contributed by atoms with Gasteiger partial charge in [0.1, 0.15) is 17.7 Å². The number of methoxy groups -OCH3 is 1. The topological polar surface area (TPSA) is 118 Å². The van der Waals surface area contributed by atoms with Crippen LogP contribution >= 0.6 is 12.4 Å². The number of aryl methyl sites for hydroxylation is 1. The van der Waals surface area contributed by atoms with E-state index in [0.29, 0.717) is 54.0 Å². The summed E-state index contributed by atoms with van der Waals surface area (Å²) in [5, 5.41) is 9.17. The number of piperidine rings is 2. The van der Waals surface area contributed by atoms with E-state index in [1.807, 2.05) is 11.0 Å². The van der Waals surface area contributed by atoms with Crippen molar-refractivity contribution in [2.75, 3.05) is 39.9 Å². The molecule has 0 radical (unpaired) electrons. The van der Waals surface area contributed by atoms with Gasteiger partial charge in [-0.15, -0.1) is 12.4 Å². The summed E-state index contributed by atoms with van der Waals surface area (Å²) in [6.45, 7) is 2.37. The minimum absolute atomic E-state index is 0. The molecule has 2 aromatic carbocycles. The second-order valence-electron chi connectivity index (χ2n) is 11.3. The predicted molar refractivity (Wildman–Crippen MR) is 153 cm³/mol. The van der Waals surface area contributed by atoms with Crippen LogP contribution in [0, 0.1) is 23.6 Å². The summed E-state index contributed by atoms with van der Waals surface area (Å²) in [6, 6.07) is 9.16. The molecular formula is C30H36ClFN4O6. The largest absolute Gasteiger partial charge is 0.493 e. The van der Waals surface area contributed by atoms with Crippen LogP contribution in [0.3, 0.4) is 0 Å². The Kier molecular flexibility index (Phi) is 9.08. The molecular weight excluding hydrogens is 567 g/mol. The first-order valence-electron chi connectivity index (χ1n) is 14.2.